The van der Waals surface area contributed by atoms with Crippen LogP contribution in [0.3, 0.4) is 0 Å². The highest BCUT2D eigenvalue weighted by atomic mass is 35.5. The van der Waals surface area contributed by atoms with E-state index in [1.807, 2.05) is 0 Å². The molecule has 4 amide bonds. The summed E-state index contributed by atoms with van der Waals surface area (Å²) < 4.78 is 40.7. The van der Waals surface area contributed by atoms with Gasteiger partial charge in [-0.3, -0.25) is 14.9 Å². The Labute approximate surface area is 180 Å². The highest BCUT2D eigenvalue weighted by Crippen LogP contribution is 2.48. The summed E-state index contributed by atoms with van der Waals surface area (Å²) in [7, 11) is 0. The lowest BCUT2D eigenvalue weighted by Gasteiger charge is -2.44. The Hall–Kier alpha value is -3.07. The average Bonchev–Trinajstić information content (AvgIpc) is 2.98. The van der Waals surface area contributed by atoms with Gasteiger partial charge in [-0.2, -0.15) is 0 Å². The molecule has 31 heavy (non-hydrogen) atoms. The second-order valence-corrected chi connectivity index (χ2v) is 8.16. The third-order valence-electron chi connectivity index (χ3n) is 5.67. The van der Waals surface area contributed by atoms with E-state index < -0.39 is 53.9 Å². The Morgan fingerprint density at radius 1 is 1.13 bits per heavy atom. The molecule has 2 aliphatic rings. The van der Waals surface area contributed by atoms with E-state index in [1.54, 1.807) is 24.3 Å². The van der Waals surface area contributed by atoms with E-state index in [9.17, 15) is 27.6 Å². The lowest BCUT2D eigenvalue weighted by atomic mass is 9.68. The van der Waals surface area contributed by atoms with Crippen molar-refractivity contribution in [3.05, 3.63) is 58.9 Å². The third-order valence-corrected chi connectivity index (χ3v) is 5.92. The van der Waals surface area contributed by atoms with Crippen LogP contribution in [0.4, 0.5) is 18.0 Å². The molecule has 2 aromatic carbocycles. The van der Waals surface area contributed by atoms with Gasteiger partial charge in [0.15, 0.2) is 0 Å². The fraction of sp³-hybridized carbons (Fsp3) is 0.286. The van der Waals surface area contributed by atoms with Crippen LogP contribution in [-0.4, -0.2) is 35.9 Å². The maximum atomic E-state index is 13.9. The van der Waals surface area contributed by atoms with Gasteiger partial charge in [0.1, 0.15) is 11.4 Å². The van der Waals surface area contributed by atoms with E-state index in [2.05, 4.69) is 16.0 Å². The van der Waals surface area contributed by atoms with Crippen LogP contribution in [0.15, 0.2) is 42.5 Å². The average molecular weight is 452 g/mol. The topological polar surface area (TPSA) is 87.3 Å². The van der Waals surface area contributed by atoms with Crippen LogP contribution < -0.4 is 16.0 Å². The lowest BCUT2D eigenvalue weighted by Crippen LogP contribution is -2.64. The second kappa shape index (κ2) is 7.56. The minimum absolute atomic E-state index is 0.113. The smallest absolute Gasteiger partial charge is 0.322 e. The van der Waals surface area contributed by atoms with E-state index in [4.69, 9.17) is 11.6 Å². The number of alkyl halides is 2. The predicted octanol–water partition coefficient (Wildman–Crippen LogP) is 3.50. The third kappa shape index (κ3) is 3.97. The van der Waals surface area contributed by atoms with Crippen molar-refractivity contribution >= 4 is 29.4 Å². The van der Waals surface area contributed by atoms with Crippen LogP contribution in [0.25, 0.3) is 11.1 Å². The first kappa shape index (κ1) is 21.2. The number of carbonyl (C=O) groups excluding carboxylic acids is 3. The van der Waals surface area contributed by atoms with Gasteiger partial charge >= 0.3 is 6.03 Å². The molecule has 2 fully saturated rings. The lowest BCUT2D eigenvalue weighted by molar-refractivity contribution is -0.148. The second-order valence-electron chi connectivity index (χ2n) is 7.72. The molecule has 3 N–H and O–H groups in total. The van der Waals surface area contributed by atoms with Gasteiger partial charge in [-0.05, 0) is 41.5 Å². The first-order chi connectivity index (χ1) is 14.6. The van der Waals surface area contributed by atoms with Crippen LogP contribution >= 0.6 is 11.6 Å². The number of carbonyl (C=O) groups is 3. The number of hydrogen-bond donors (Lipinski definition) is 3. The molecule has 2 aromatic rings. The molecule has 0 unspecified atom stereocenters. The molecule has 1 saturated heterocycles. The van der Waals surface area contributed by atoms with Gasteiger partial charge < -0.3 is 10.6 Å². The number of urea groups is 1. The van der Waals surface area contributed by atoms with E-state index >= 15 is 0 Å². The highest BCUT2D eigenvalue weighted by Gasteiger charge is 2.61. The van der Waals surface area contributed by atoms with Gasteiger partial charge in [0.05, 0.1) is 6.54 Å². The van der Waals surface area contributed by atoms with E-state index in [0.717, 1.165) is 6.07 Å². The monoisotopic (exact) mass is 451 g/mol. The molecule has 0 bridgehead atoms. The first-order valence-electron chi connectivity index (χ1n) is 9.45. The first-order valence-corrected chi connectivity index (χ1v) is 9.83. The molecular weight excluding hydrogens is 435 g/mol. The van der Waals surface area contributed by atoms with Crippen molar-refractivity contribution in [2.75, 3.05) is 6.54 Å². The quantitative estimate of drug-likeness (QED) is 0.608. The van der Waals surface area contributed by atoms with Crippen molar-refractivity contribution in [2.24, 2.45) is 5.92 Å². The van der Waals surface area contributed by atoms with Crippen molar-refractivity contribution in [3.8, 4) is 11.1 Å². The maximum absolute atomic E-state index is 13.9. The summed E-state index contributed by atoms with van der Waals surface area (Å²) in [6.07, 6.45) is -1.16. The molecule has 1 saturated carbocycles. The van der Waals surface area contributed by atoms with Crippen LogP contribution in [0.1, 0.15) is 23.2 Å². The Balaban J connectivity index is 1.59. The van der Waals surface area contributed by atoms with Crippen molar-refractivity contribution in [1.29, 1.82) is 0 Å². The minimum atomic E-state index is -2.92. The number of hydrogen-bond acceptors (Lipinski definition) is 3. The molecule has 1 aliphatic carbocycles. The summed E-state index contributed by atoms with van der Waals surface area (Å²) in [5, 5.41) is 7.46. The standard InChI is InChI=1S/C21H17ClF3N3O3/c22-13-3-1-11(2-4-13)16-7-14(23)5-6-15(16)17(29)26-10-21(12-8-20(24,25)9-12)18(30)27-19(31)28-21/h1-7,12H,8-10H2,(H,26,29)(H2,27,28,30,31)/t21-/m0/s1. The SMILES string of the molecule is O=C1NC(=O)[C@](CNC(=O)c2ccc(F)cc2-c2ccc(Cl)cc2)(C2CC(F)(F)C2)N1. The maximum Gasteiger partial charge on any atom is 0.322 e. The van der Waals surface area contributed by atoms with Crippen LogP contribution in [0.2, 0.25) is 5.02 Å². The zero-order valence-corrected chi connectivity index (χ0v) is 16.7. The summed E-state index contributed by atoms with van der Waals surface area (Å²) in [6.45, 7) is -0.387. The van der Waals surface area contributed by atoms with Crippen molar-refractivity contribution < 1.29 is 27.6 Å². The van der Waals surface area contributed by atoms with E-state index in [-0.39, 0.29) is 12.1 Å². The van der Waals surface area contributed by atoms with Gasteiger partial charge in [-0.25, -0.2) is 18.0 Å². The normalized spacial score (nSPS) is 22.5. The number of rotatable bonds is 5. The van der Waals surface area contributed by atoms with Gasteiger partial charge in [-0.15, -0.1) is 0 Å². The van der Waals surface area contributed by atoms with E-state index in [0.29, 0.717) is 16.1 Å². The predicted molar refractivity (Wildman–Crippen MR) is 106 cm³/mol. The van der Waals surface area contributed by atoms with E-state index in [1.165, 1.54) is 12.1 Å². The Morgan fingerprint density at radius 2 is 1.81 bits per heavy atom. The van der Waals surface area contributed by atoms with Gasteiger partial charge in [-0.1, -0.05) is 23.7 Å². The fourth-order valence-electron chi connectivity index (χ4n) is 3.97. The zero-order valence-electron chi connectivity index (χ0n) is 16.0. The Morgan fingerprint density at radius 3 is 2.39 bits per heavy atom. The molecule has 0 spiro atoms. The number of imide groups is 1. The summed E-state index contributed by atoms with van der Waals surface area (Å²) in [6, 6.07) is 9.20. The molecule has 1 atom stereocenters. The van der Waals surface area contributed by atoms with Crippen LogP contribution in [0, 0.1) is 11.7 Å². The fourth-order valence-corrected chi connectivity index (χ4v) is 4.09. The highest BCUT2D eigenvalue weighted by molar-refractivity contribution is 6.30. The number of amides is 4. The molecule has 1 aliphatic heterocycles. The molecule has 4 rings (SSSR count). The molecule has 0 radical (unpaired) electrons. The van der Waals surface area contributed by atoms with Crippen LogP contribution in [-0.2, 0) is 4.79 Å². The summed E-state index contributed by atoms with van der Waals surface area (Å²) in [5.41, 5.74) is -0.732. The molecule has 10 heteroatoms. The number of benzene rings is 2. The molecule has 6 nitrogen and oxygen atoms in total. The summed E-state index contributed by atoms with van der Waals surface area (Å²) in [5.74, 6) is -5.73. The largest absolute Gasteiger partial charge is 0.349 e. The van der Waals surface area contributed by atoms with Crippen LogP contribution in [0.5, 0.6) is 0 Å². The Bertz CT molecular complexity index is 1070. The number of halogens is 4. The minimum Gasteiger partial charge on any atom is -0.349 e. The van der Waals surface area contributed by atoms with Crippen molar-refractivity contribution in [2.45, 2.75) is 24.3 Å². The molecule has 1 heterocycles. The van der Waals surface area contributed by atoms with Crippen molar-refractivity contribution in [1.82, 2.24) is 16.0 Å². The number of nitrogens with one attached hydrogen (secondary N) is 3. The Kier molecular flexibility index (Phi) is 5.17. The summed E-state index contributed by atoms with van der Waals surface area (Å²) >= 11 is 5.89. The zero-order chi connectivity index (χ0) is 22.4. The molecular formula is C21H17ClF3N3O3. The molecule has 162 valence electrons. The van der Waals surface area contributed by atoms with Gasteiger partial charge in [0.25, 0.3) is 11.8 Å². The van der Waals surface area contributed by atoms with Crippen molar-refractivity contribution in [3.63, 3.8) is 0 Å². The molecule has 0 aromatic heterocycles. The van der Waals surface area contributed by atoms with Gasteiger partial charge in [0.2, 0.25) is 5.92 Å². The summed E-state index contributed by atoms with van der Waals surface area (Å²) in [4.78, 5) is 37.0. The van der Waals surface area contributed by atoms with Gasteiger partial charge in [0, 0.05) is 29.3 Å².